The van der Waals surface area contributed by atoms with Crippen molar-refractivity contribution in [2.45, 2.75) is 33.1 Å². The monoisotopic (exact) mass is 248 g/mol. The van der Waals surface area contributed by atoms with Gasteiger partial charge >= 0.3 is 7.60 Å². The van der Waals surface area contributed by atoms with Crippen molar-refractivity contribution in [2.75, 3.05) is 25.9 Å². The highest BCUT2D eigenvalue weighted by Crippen LogP contribution is 2.48. The minimum atomic E-state index is -2.98. The molecule has 5 nitrogen and oxygen atoms in total. The Bertz CT molecular complexity index is 271. The molecule has 0 atom stereocenters. The minimum absolute atomic E-state index is 0.307. The topological polar surface area (TPSA) is 59.9 Å². The summed E-state index contributed by atoms with van der Waals surface area (Å²) in [6.45, 7) is 5.32. The summed E-state index contributed by atoms with van der Waals surface area (Å²) in [5.41, 5.74) is 3.85. The summed E-state index contributed by atoms with van der Waals surface area (Å²) in [4.78, 5) is 0. The summed E-state index contributed by atoms with van der Waals surface area (Å²) >= 11 is 0. The fourth-order valence-electron chi connectivity index (χ4n) is 1.62. The molecule has 0 saturated heterocycles. The van der Waals surface area contributed by atoms with Crippen LogP contribution in [0.2, 0.25) is 0 Å². The molecule has 0 aromatic heterocycles. The fraction of sp³-hybridized carbons (Fsp3) is 0.900. The Balaban J connectivity index is 2.59. The molecule has 0 spiro atoms. The molecular formula is C10H21N2O3P. The van der Waals surface area contributed by atoms with Gasteiger partial charge in [-0.2, -0.15) is 5.10 Å². The van der Waals surface area contributed by atoms with E-state index in [-0.39, 0.29) is 0 Å². The Morgan fingerprint density at radius 2 is 2.00 bits per heavy atom. The lowest BCUT2D eigenvalue weighted by molar-refractivity contribution is 0.223. The van der Waals surface area contributed by atoms with E-state index in [1.807, 2.05) is 13.8 Å². The molecule has 0 unspecified atom stereocenters. The molecule has 1 rings (SSSR count). The Kier molecular flexibility index (Phi) is 6.03. The average Bonchev–Trinajstić information content (AvgIpc) is 2.46. The first-order valence-electron chi connectivity index (χ1n) is 5.86. The second-order valence-corrected chi connectivity index (χ2v) is 5.70. The van der Waals surface area contributed by atoms with Crippen LogP contribution in [0.25, 0.3) is 0 Å². The van der Waals surface area contributed by atoms with Gasteiger partial charge in [0.25, 0.3) is 0 Å². The van der Waals surface area contributed by atoms with Crippen LogP contribution in [-0.4, -0.2) is 31.6 Å². The van der Waals surface area contributed by atoms with Crippen LogP contribution in [0.3, 0.4) is 0 Å². The number of hydrazone groups is 1. The van der Waals surface area contributed by atoms with Gasteiger partial charge in [-0.05, 0) is 33.1 Å². The van der Waals surface area contributed by atoms with Crippen LogP contribution >= 0.6 is 7.60 Å². The molecule has 1 N–H and O–H groups in total. The van der Waals surface area contributed by atoms with Crippen LogP contribution in [0, 0.1) is 0 Å². The normalized spacial score (nSPS) is 17.5. The van der Waals surface area contributed by atoms with E-state index in [9.17, 15) is 4.57 Å². The Morgan fingerprint density at radius 1 is 1.31 bits per heavy atom. The predicted molar refractivity (Wildman–Crippen MR) is 65.0 cm³/mol. The van der Waals surface area contributed by atoms with E-state index < -0.39 is 7.60 Å². The van der Waals surface area contributed by atoms with Crippen molar-refractivity contribution in [3.05, 3.63) is 0 Å². The molecule has 16 heavy (non-hydrogen) atoms. The number of nitrogens with one attached hydrogen (secondary N) is 1. The number of hydrogen-bond acceptors (Lipinski definition) is 5. The van der Waals surface area contributed by atoms with Crippen LogP contribution in [0.5, 0.6) is 0 Å². The predicted octanol–water partition coefficient (Wildman–Crippen LogP) is 2.38. The van der Waals surface area contributed by atoms with E-state index in [4.69, 9.17) is 9.05 Å². The van der Waals surface area contributed by atoms with E-state index >= 15 is 0 Å². The molecule has 0 amide bonds. The highest BCUT2D eigenvalue weighted by Gasteiger charge is 2.26. The van der Waals surface area contributed by atoms with E-state index in [1.165, 1.54) is 0 Å². The zero-order valence-corrected chi connectivity index (χ0v) is 11.0. The Hall–Kier alpha value is -0.380. The van der Waals surface area contributed by atoms with Gasteiger partial charge in [-0.1, -0.05) is 0 Å². The number of rotatable bonds is 6. The van der Waals surface area contributed by atoms with Crippen LogP contribution in [-0.2, 0) is 13.6 Å². The molecule has 0 aromatic rings. The van der Waals surface area contributed by atoms with Crippen LogP contribution in [0.4, 0.5) is 0 Å². The molecule has 94 valence electrons. The SMILES string of the molecule is CCOP(=O)(CC1=NNCCCC1)OCC. The number of hydrogen-bond donors (Lipinski definition) is 1. The summed E-state index contributed by atoms with van der Waals surface area (Å²) in [5, 5.41) is 4.21. The van der Waals surface area contributed by atoms with Gasteiger partial charge in [0.2, 0.25) is 0 Å². The first-order valence-corrected chi connectivity index (χ1v) is 7.59. The molecular weight excluding hydrogens is 227 g/mol. The van der Waals surface area contributed by atoms with E-state index in [2.05, 4.69) is 10.5 Å². The van der Waals surface area contributed by atoms with Crippen molar-refractivity contribution in [2.24, 2.45) is 5.10 Å². The first kappa shape index (κ1) is 13.7. The van der Waals surface area contributed by atoms with Crippen molar-refractivity contribution < 1.29 is 13.6 Å². The molecule has 1 aliphatic heterocycles. The molecule has 1 heterocycles. The van der Waals surface area contributed by atoms with E-state index in [1.54, 1.807) is 0 Å². The molecule has 0 radical (unpaired) electrons. The molecule has 0 aromatic carbocycles. The summed E-state index contributed by atoms with van der Waals surface area (Å²) in [6.07, 6.45) is 3.35. The minimum Gasteiger partial charge on any atom is -0.310 e. The summed E-state index contributed by atoms with van der Waals surface area (Å²) in [6, 6.07) is 0. The largest absolute Gasteiger partial charge is 0.336 e. The second-order valence-electron chi connectivity index (χ2n) is 3.65. The highest BCUT2D eigenvalue weighted by atomic mass is 31.2. The van der Waals surface area contributed by atoms with Crippen LogP contribution < -0.4 is 5.43 Å². The summed E-state index contributed by atoms with van der Waals surface area (Å²) in [7, 11) is -2.98. The molecule has 0 fully saturated rings. The van der Waals surface area contributed by atoms with Gasteiger partial charge in [-0.25, -0.2) is 0 Å². The summed E-state index contributed by atoms with van der Waals surface area (Å²) in [5.74, 6) is 0. The molecule has 0 aliphatic carbocycles. The number of nitrogens with zero attached hydrogens (tertiary/aromatic N) is 1. The maximum absolute atomic E-state index is 12.2. The lowest BCUT2D eigenvalue weighted by Crippen LogP contribution is -2.13. The third-order valence-corrected chi connectivity index (χ3v) is 4.32. The quantitative estimate of drug-likeness (QED) is 0.733. The summed E-state index contributed by atoms with van der Waals surface area (Å²) < 4.78 is 22.7. The third kappa shape index (κ3) is 4.64. The lowest BCUT2D eigenvalue weighted by atomic mass is 10.2. The Morgan fingerprint density at radius 3 is 2.62 bits per heavy atom. The van der Waals surface area contributed by atoms with Crippen LogP contribution in [0.1, 0.15) is 33.1 Å². The highest BCUT2D eigenvalue weighted by molar-refractivity contribution is 7.54. The fourth-order valence-corrected chi connectivity index (χ4v) is 3.34. The molecule has 1 aliphatic rings. The maximum atomic E-state index is 12.2. The van der Waals surface area contributed by atoms with Gasteiger partial charge in [0.15, 0.2) is 0 Å². The first-order chi connectivity index (χ1) is 7.70. The zero-order valence-electron chi connectivity index (χ0n) is 10.1. The average molecular weight is 248 g/mol. The van der Waals surface area contributed by atoms with Gasteiger partial charge in [-0.3, -0.25) is 4.57 Å². The van der Waals surface area contributed by atoms with Crippen molar-refractivity contribution in [3.63, 3.8) is 0 Å². The van der Waals surface area contributed by atoms with Gasteiger partial charge in [0.05, 0.1) is 19.4 Å². The van der Waals surface area contributed by atoms with Crippen molar-refractivity contribution in [1.29, 1.82) is 0 Å². The van der Waals surface area contributed by atoms with Gasteiger partial charge in [-0.15, -0.1) is 0 Å². The molecule has 0 saturated carbocycles. The van der Waals surface area contributed by atoms with E-state index in [0.29, 0.717) is 19.4 Å². The Labute approximate surface area is 97.1 Å². The van der Waals surface area contributed by atoms with E-state index in [0.717, 1.165) is 31.5 Å². The molecule has 0 bridgehead atoms. The van der Waals surface area contributed by atoms with Crippen LogP contribution in [0.15, 0.2) is 5.10 Å². The van der Waals surface area contributed by atoms with Gasteiger partial charge < -0.3 is 14.5 Å². The second kappa shape index (κ2) is 7.05. The van der Waals surface area contributed by atoms with Gasteiger partial charge in [0, 0.05) is 12.3 Å². The van der Waals surface area contributed by atoms with Crippen molar-refractivity contribution in [1.82, 2.24) is 5.43 Å². The maximum Gasteiger partial charge on any atom is 0.336 e. The lowest BCUT2D eigenvalue weighted by Gasteiger charge is -2.17. The molecule has 6 heteroatoms. The standard InChI is InChI=1S/C10H21N2O3P/c1-3-14-16(13,15-4-2)9-10-7-5-6-8-11-12-10/h11H,3-9H2,1-2H3. The third-order valence-electron chi connectivity index (χ3n) is 2.27. The zero-order chi connectivity index (χ0) is 11.9. The van der Waals surface area contributed by atoms with Gasteiger partial charge in [0.1, 0.15) is 0 Å². The van der Waals surface area contributed by atoms with Crippen molar-refractivity contribution >= 4 is 13.3 Å². The smallest absolute Gasteiger partial charge is 0.310 e. The van der Waals surface area contributed by atoms with Crippen molar-refractivity contribution in [3.8, 4) is 0 Å².